The second-order valence-corrected chi connectivity index (χ2v) is 6.40. The van der Waals surface area contributed by atoms with E-state index in [1.807, 2.05) is 13.8 Å². The highest BCUT2D eigenvalue weighted by Crippen LogP contribution is 2.31. The molecule has 0 atom stereocenters. The fraction of sp³-hybridized carbons (Fsp3) is 0.333. The van der Waals surface area contributed by atoms with E-state index in [1.165, 1.54) is 14.2 Å². The minimum Gasteiger partial charge on any atom is -0.493 e. The number of anilines is 1. The van der Waals surface area contributed by atoms with Gasteiger partial charge in [0, 0.05) is 23.4 Å². The van der Waals surface area contributed by atoms with Gasteiger partial charge in [0.15, 0.2) is 29.6 Å². The predicted molar refractivity (Wildman–Crippen MR) is 109 cm³/mol. The van der Waals surface area contributed by atoms with Gasteiger partial charge in [-0.1, -0.05) is 0 Å². The van der Waals surface area contributed by atoms with Gasteiger partial charge < -0.3 is 29.6 Å². The first-order chi connectivity index (χ1) is 13.9. The van der Waals surface area contributed by atoms with E-state index < -0.39 is 0 Å². The van der Waals surface area contributed by atoms with Gasteiger partial charge in [0.1, 0.15) is 0 Å². The standard InChI is InChI=1S/C21H26N2O6/c1-13(2)22-20(24)12-29-17-8-6-14(10-18(17)27-4)21(25)23-15-7-9-16(26-3)19(11-15)28-5/h6-11,13H,12H2,1-5H3,(H,22,24)(H,23,25). The summed E-state index contributed by atoms with van der Waals surface area (Å²) in [5.74, 6) is 1.22. The number of carbonyl (C=O) groups excluding carboxylic acids is 2. The molecule has 2 aromatic rings. The smallest absolute Gasteiger partial charge is 0.258 e. The molecule has 0 aliphatic carbocycles. The van der Waals surface area contributed by atoms with Gasteiger partial charge in [-0.2, -0.15) is 0 Å². The Morgan fingerprint density at radius 3 is 2.10 bits per heavy atom. The quantitative estimate of drug-likeness (QED) is 0.670. The van der Waals surface area contributed by atoms with E-state index in [0.29, 0.717) is 34.2 Å². The van der Waals surface area contributed by atoms with Crippen molar-refractivity contribution in [3.8, 4) is 23.0 Å². The molecule has 0 spiro atoms. The molecule has 0 aliphatic rings. The first kappa shape index (κ1) is 21.9. The Kier molecular flexibility index (Phi) is 7.70. The lowest BCUT2D eigenvalue weighted by atomic mass is 10.1. The third-order valence-electron chi connectivity index (χ3n) is 3.88. The molecule has 0 bridgehead atoms. The summed E-state index contributed by atoms with van der Waals surface area (Å²) >= 11 is 0. The molecule has 29 heavy (non-hydrogen) atoms. The van der Waals surface area contributed by atoms with E-state index in [0.717, 1.165) is 0 Å². The second kappa shape index (κ2) is 10.2. The number of rotatable bonds is 9. The average molecular weight is 402 g/mol. The molecule has 2 amide bonds. The van der Waals surface area contributed by atoms with Crippen LogP contribution in [0, 0.1) is 0 Å². The van der Waals surface area contributed by atoms with E-state index in [1.54, 1.807) is 43.5 Å². The summed E-state index contributed by atoms with van der Waals surface area (Å²) in [7, 11) is 4.53. The number of hydrogen-bond donors (Lipinski definition) is 2. The largest absolute Gasteiger partial charge is 0.493 e. The van der Waals surface area contributed by atoms with Gasteiger partial charge >= 0.3 is 0 Å². The number of ether oxygens (including phenoxy) is 4. The molecule has 156 valence electrons. The Morgan fingerprint density at radius 2 is 1.48 bits per heavy atom. The van der Waals surface area contributed by atoms with Gasteiger partial charge in [-0.15, -0.1) is 0 Å². The second-order valence-electron chi connectivity index (χ2n) is 6.40. The maximum Gasteiger partial charge on any atom is 0.258 e. The molecule has 8 nitrogen and oxygen atoms in total. The van der Waals surface area contributed by atoms with Crippen LogP contribution in [0.25, 0.3) is 0 Å². The molecule has 8 heteroatoms. The monoisotopic (exact) mass is 402 g/mol. The topological polar surface area (TPSA) is 95.1 Å². The van der Waals surface area contributed by atoms with Crippen LogP contribution in [0.4, 0.5) is 5.69 Å². The normalized spacial score (nSPS) is 10.3. The summed E-state index contributed by atoms with van der Waals surface area (Å²) in [6.45, 7) is 3.58. The minimum absolute atomic E-state index is 0.0237. The SMILES string of the molecule is COc1ccc(NC(=O)c2ccc(OCC(=O)NC(C)C)c(OC)c2)cc1OC. The Morgan fingerprint density at radius 1 is 0.862 bits per heavy atom. The van der Waals surface area contributed by atoms with E-state index in [9.17, 15) is 9.59 Å². The zero-order chi connectivity index (χ0) is 21.4. The molecule has 0 saturated heterocycles. The lowest BCUT2D eigenvalue weighted by molar-refractivity contribution is -0.123. The van der Waals surface area contributed by atoms with Gasteiger partial charge in [-0.25, -0.2) is 0 Å². The molecule has 2 rings (SSSR count). The maximum absolute atomic E-state index is 12.6. The number of amides is 2. The van der Waals surface area contributed by atoms with Crippen LogP contribution < -0.4 is 29.6 Å². The molecule has 0 heterocycles. The molecule has 0 fully saturated rings. The Labute approximate surface area is 170 Å². The van der Waals surface area contributed by atoms with Crippen molar-refractivity contribution in [1.29, 1.82) is 0 Å². The Balaban J connectivity index is 2.10. The first-order valence-corrected chi connectivity index (χ1v) is 9.01. The Bertz CT molecular complexity index is 866. The molecular weight excluding hydrogens is 376 g/mol. The highest BCUT2D eigenvalue weighted by atomic mass is 16.5. The molecule has 0 aliphatic heterocycles. The first-order valence-electron chi connectivity index (χ1n) is 9.01. The lowest BCUT2D eigenvalue weighted by Crippen LogP contribution is -2.34. The van der Waals surface area contributed by atoms with Crippen molar-refractivity contribution in [3.05, 3.63) is 42.0 Å². The molecule has 0 radical (unpaired) electrons. The summed E-state index contributed by atoms with van der Waals surface area (Å²) in [4.78, 5) is 24.3. The number of hydrogen-bond acceptors (Lipinski definition) is 6. The predicted octanol–water partition coefficient (Wildman–Crippen LogP) is 2.87. The van der Waals surface area contributed by atoms with Crippen molar-refractivity contribution < 1.29 is 28.5 Å². The van der Waals surface area contributed by atoms with Crippen molar-refractivity contribution in [2.75, 3.05) is 33.3 Å². The van der Waals surface area contributed by atoms with Crippen LogP contribution in [0.15, 0.2) is 36.4 Å². The van der Waals surface area contributed by atoms with E-state index >= 15 is 0 Å². The maximum atomic E-state index is 12.6. The van der Waals surface area contributed by atoms with Crippen LogP contribution in [0.2, 0.25) is 0 Å². The van der Waals surface area contributed by atoms with Crippen molar-refractivity contribution in [2.24, 2.45) is 0 Å². The summed E-state index contributed by atoms with van der Waals surface area (Å²) in [6.07, 6.45) is 0. The zero-order valence-electron chi connectivity index (χ0n) is 17.2. The van der Waals surface area contributed by atoms with Crippen LogP contribution in [0.1, 0.15) is 24.2 Å². The Hall–Kier alpha value is -3.42. The number of nitrogens with one attached hydrogen (secondary N) is 2. The van der Waals surface area contributed by atoms with Crippen molar-refractivity contribution in [3.63, 3.8) is 0 Å². The van der Waals surface area contributed by atoms with E-state index in [-0.39, 0.29) is 24.5 Å². The average Bonchev–Trinajstić information content (AvgIpc) is 2.71. The van der Waals surface area contributed by atoms with Crippen LogP contribution >= 0.6 is 0 Å². The summed E-state index contributed by atoms with van der Waals surface area (Å²) < 4.78 is 21.2. The molecule has 0 saturated carbocycles. The molecule has 2 N–H and O–H groups in total. The number of methoxy groups -OCH3 is 3. The van der Waals surface area contributed by atoms with Crippen molar-refractivity contribution >= 4 is 17.5 Å². The fourth-order valence-electron chi connectivity index (χ4n) is 2.55. The van der Waals surface area contributed by atoms with Crippen molar-refractivity contribution in [2.45, 2.75) is 19.9 Å². The molecule has 0 aromatic heterocycles. The van der Waals surface area contributed by atoms with Crippen LogP contribution in [-0.2, 0) is 4.79 Å². The van der Waals surface area contributed by atoms with Crippen LogP contribution in [0.5, 0.6) is 23.0 Å². The number of carbonyl (C=O) groups is 2. The molecule has 2 aromatic carbocycles. The van der Waals surface area contributed by atoms with Gasteiger partial charge in [0.05, 0.1) is 21.3 Å². The highest BCUT2D eigenvalue weighted by Gasteiger charge is 2.14. The zero-order valence-corrected chi connectivity index (χ0v) is 17.2. The summed E-state index contributed by atoms with van der Waals surface area (Å²) in [5.41, 5.74) is 0.924. The fourth-order valence-corrected chi connectivity index (χ4v) is 2.55. The van der Waals surface area contributed by atoms with E-state index in [2.05, 4.69) is 10.6 Å². The molecule has 0 unspecified atom stereocenters. The van der Waals surface area contributed by atoms with Gasteiger partial charge in [0.25, 0.3) is 11.8 Å². The lowest BCUT2D eigenvalue weighted by Gasteiger charge is -2.14. The van der Waals surface area contributed by atoms with E-state index in [4.69, 9.17) is 18.9 Å². The van der Waals surface area contributed by atoms with Gasteiger partial charge in [-0.05, 0) is 44.2 Å². The summed E-state index contributed by atoms with van der Waals surface area (Å²) in [5, 5.41) is 5.53. The van der Waals surface area contributed by atoms with Crippen molar-refractivity contribution in [1.82, 2.24) is 5.32 Å². The van der Waals surface area contributed by atoms with Gasteiger partial charge in [-0.3, -0.25) is 9.59 Å². The van der Waals surface area contributed by atoms with Crippen LogP contribution in [0.3, 0.4) is 0 Å². The van der Waals surface area contributed by atoms with Gasteiger partial charge in [0.2, 0.25) is 0 Å². The highest BCUT2D eigenvalue weighted by molar-refractivity contribution is 6.04. The third-order valence-corrected chi connectivity index (χ3v) is 3.88. The third kappa shape index (κ3) is 6.03. The minimum atomic E-state index is -0.334. The summed E-state index contributed by atoms with van der Waals surface area (Å²) in [6, 6.07) is 9.83. The number of benzene rings is 2. The van der Waals surface area contributed by atoms with Crippen LogP contribution in [-0.4, -0.2) is 45.8 Å². The molecular formula is C21H26N2O6.